The SMILES string of the molecule is Cc1[nH]c2ccc([N+](=O)[O-])cc2c1C1OCCO1. The highest BCUT2D eigenvalue weighted by atomic mass is 16.7. The highest BCUT2D eigenvalue weighted by Gasteiger charge is 2.25. The molecule has 0 bridgehead atoms. The number of H-pyrrole nitrogens is 1. The average molecular weight is 248 g/mol. The Morgan fingerprint density at radius 1 is 1.39 bits per heavy atom. The van der Waals surface area contributed by atoms with E-state index in [2.05, 4.69) is 4.98 Å². The van der Waals surface area contributed by atoms with Crippen LogP contribution in [0.15, 0.2) is 18.2 Å². The van der Waals surface area contributed by atoms with Crippen molar-refractivity contribution >= 4 is 16.6 Å². The highest BCUT2D eigenvalue weighted by Crippen LogP contribution is 2.34. The number of nitrogens with zero attached hydrogens (tertiary/aromatic N) is 1. The van der Waals surface area contributed by atoms with Gasteiger partial charge in [-0.2, -0.15) is 0 Å². The van der Waals surface area contributed by atoms with Crippen molar-refractivity contribution in [2.75, 3.05) is 13.2 Å². The molecule has 0 saturated carbocycles. The summed E-state index contributed by atoms with van der Waals surface area (Å²) >= 11 is 0. The van der Waals surface area contributed by atoms with Crippen molar-refractivity contribution in [1.29, 1.82) is 0 Å². The zero-order valence-corrected chi connectivity index (χ0v) is 9.80. The monoisotopic (exact) mass is 248 g/mol. The van der Waals surface area contributed by atoms with Crippen LogP contribution in [0.5, 0.6) is 0 Å². The minimum absolute atomic E-state index is 0.0701. The van der Waals surface area contributed by atoms with Crippen molar-refractivity contribution in [3.63, 3.8) is 0 Å². The number of nitrogens with one attached hydrogen (secondary N) is 1. The number of nitro groups is 1. The van der Waals surface area contributed by atoms with E-state index >= 15 is 0 Å². The predicted molar refractivity (Wildman–Crippen MR) is 64.3 cm³/mol. The molecule has 0 amide bonds. The van der Waals surface area contributed by atoms with Gasteiger partial charge in [0.15, 0.2) is 6.29 Å². The summed E-state index contributed by atoms with van der Waals surface area (Å²) in [5.41, 5.74) is 2.69. The maximum atomic E-state index is 10.8. The van der Waals surface area contributed by atoms with Gasteiger partial charge in [0.05, 0.1) is 18.1 Å². The molecule has 0 radical (unpaired) electrons. The van der Waals surface area contributed by atoms with Crippen LogP contribution in [0.25, 0.3) is 10.9 Å². The van der Waals surface area contributed by atoms with Crippen molar-refractivity contribution in [1.82, 2.24) is 4.98 Å². The molecule has 1 saturated heterocycles. The van der Waals surface area contributed by atoms with Crippen LogP contribution in [-0.4, -0.2) is 23.1 Å². The zero-order chi connectivity index (χ0) is 12.7. The Labute approximate surface area is 103 Å². The number of hydrogen-bond donors (Lipinski definition) is 1. The summed E-state index contributed by atoms with van der Waals surface area (Å²) in [4.78, 5) is 13.6. The van der Waals surface area contributed by atoms with Crippen LogP contribution in [0.1, 0.15) is 17.5 Å². The molecule has 1 aromatic heterocycles. The molecule has 0 aliphatic carbocycles. The van der Waals surface area contributed by atoms with Gasteiger partial charge in [-0.15, -0.1) is 0 Å². The third-order valence-electron chi connectivity index (χ3n) is 3.09. The van der Waals surface area contributed by atoms with E-state index in [0.717, 1.165) is 22.2 Å². The van der Waals surface area contributed by atoms with Gasteiger partial charge in [-0.1, -0.05) is 0 Å². The molecule has 94 valence electrons. The maximum Gasteiger partial charge on any atom is 0.270 e. The number of non-ortho nitro benzene ring substituents is 1. The molecule has 0 atom stereocenters. The van der Waals surface area contributed by atoms with Gasteiger partial charge < -0.3 is 14.5 Å². The predicted octanol–water partition coefficient (Wildman–Crippen LogP) is 2.43. The van der Waals surface area contributed by atoms with E-state index in [1.54, 1.807) is 12.1 Å². The van der Waals surface area contributed by atoms with Crippen LogP contribution in [-0.2, 0) is 9.47 Å². The van der Waals surface area contributed by atoms with Crippen LogP contribution >= 0.6 is 0 Å². The lowest BCUT2D eigenvalue weighted by Crippen LogP contribution is -1.99. The fourth-order valence-corrected chi connectivity index (χ4v) is 2.28. The molecule has 1 fully saturated rings. The molecule has 2 heterocycles. The number of aromatic nitrogens is 1. The number of rotatable bonds is 2. The zero-order valence-electron chi connectivity index (χ0n) is 9.80. The first-order valence-corrected chi connectivity index (χ1v) is 5.66. The van der Waals surface area contributed by atoms with Crippen molar-refractivity contribution in [3.8, 4) is 0 Å². The fraction of sp³-hybridized carbons (Fsp3) is 0.333. The quantitative estimate of drug-likeness (QED) is 0.654. The number of aromatic amines is 1. The topological polar surface area (TPSA) is 77.4 Å². The Kier molecular flexibility index (Phi) is 2.53. The van der Waals surface area contributed by atoms with Crippen LogP contribution < -0.4 is 0 Å². The van der Waals surface area contributed by atoms with Crippen LogP contribution in [0.2, 0.25) is 0 Å². The molecule has 6 heteroatoms. The van der Waals surface area contributed by atoms with E-state index in [-0.39, 0.29) is 5.69 Å². The molecule has 1 aliphatic heterocycles. The average Bonchev–Trinajstić information content (AvgIpc) is 2.93. The van der Waals surface area contributed by atoms with Crippen molar-refractivity contribution in [2.24, 2.45) is 0 Å². The van der Waals surface area contributed by atoms with Gasteiger partial charge in [-0.25, -0.2) is 0 Å². The third kappa shape index (κ3) is 1.66. The summed E-state index contributed by atoms with van der Waals surface area (Å²) in [7, 11) is 0. The maximum absolute atomic E-state index is 10.8. The van der Waals surface area contributed by atoms with Crippen LogP contribution in [0.3, 0.4) is 0 Å². The molecule has 1 aliphatic rings. The number of hydrogen-bond acceptors (Lipinski definition) is 4. The molecule has 6 nitrogen and oxygen atoms in total. The van der Waals surface area contributed by atoms with Gasteiger partial charge in [0.1, 0.15) is 0 Å². The van der Waals surface area contributed by atoms with Gasteiger partial charge in [0.2, 0.25) is 0 Å². The van der Waals surface area contributed by atoms with E-state index in [1.165, 1.54) is 6.07 Å². The van der Waals surface area contributed by atoms with Crippen molar-refractivity contribution in [3.05, 3.63) is 39.6 Å². The van der Waals surface area contributed by atoms with E-state index in [9.17, 15) is 10.1 Å². The standard InChI is InChI=1S/C12H12N2O4/c1-7-11(12-17-4-5-18-12)9-6-8(14(15)16)2-3-10(9)13-7/h2-3,6,12-13H,4-5H2,1H3. The first kappa shape index (κ1) is 11.2. The van der Waals surface area contributed by atoms with Crippen molar-refractivity contribution in [2.45, 2.75) is 13.2 Å². The van der Waals surface area contributed by atoms with Gasteiger partial charge in [0, 0.05) is 34.3 Å². The number of fused-ring (bicyclic) bond motifs is 1. The second kappa shape index (κ2) is 4.08. The second-order valence-electron chi connectivity index (χ2n) is 4.22. The van der Waals surface area contributed by atoms with E-state index < -0.39 is 11.2 Å². The minimum atomic E-state index is -0.430. The Morgan fingerprint density at radius 3 is 2.78 bits per heavy atom. The smallest absolute Gasteiger partial charge is 0.270 e. The second-order valence-corrected chi connectivity index (χ2v) is 4.22. The minimum Gasteiger partial charge on any atom is -0.358 e. The summed E-state index contributed by atoms with van der Waals surface area (Å²) in [5.74, 6) is 0. The first-order chi connectivity index (χ1) is 8.66. The fourth-order valence-electron chi connectivity index (χ4n) is 2.28. The molecule has 1 aromatic carbocycles. The van der Waals surface area contributed by atoms with Gasteiger partial charge in [0.25, 0.3) is 5.69 Å². The van der Waals surface area contributed by atoms with E-state index in [4.69, 9.17) is 9.47 Å². The van der Waals surface area contributed by atoms with Gasteiger partial charge >= 0.3 is 0 Å². The van der Waals surface area contributed by atoms with E-state index in [0.29, 0.717) is 13.2 Å². The first-order valence-electron chi connectivity index (χ1n) is 5.66. The van der Waals surface area contributed by atoms with Crippen molar-refractivity contribution < 1.29 is 14.4 Å². The summed E-state index contributed by atoms with van der Waals surface area (Å²) in [5, 5.41) is 11.6. The number of aryl methyl sites for hydroxylation is 1. The van der Waals surface area contributed by atoms with Crippen LogP contribution in [0.4, 0.5) is 5.69 Å². The number of benzene rings is 1. The summed E-state index contributed by atoms with van der Waals surface area (Å²) in [6.45, 7) is 3.00. The van der Waals surface area contributed by atoms with E-state index in [1.807, 2.05) is 6.92 Å². The lowest BCUT2D eigenvalue weighted by Gasteiger charge is -2.09. The number of nitro benzene ring substituents is 1. The lowest BCUT2D eigenvalue weighted by atomic mass is 10.1. The van der Waals surface area contributed by atoms with Gasteiger partial charge in [-0.3, -0.25) is 10.1 Å². The third-order valence-corrected chi connectivity index (χ3v) is 3.09. The normalized spacial score (nSPS) is 16.5. The Morgan fingerprint density at radius 2 is 2.11 bits per heavy atom. The molecule has 18 heavy (non-hydrogen) atoms. The summed E-state index contributed by atoms with van der Waals surface area (Å²) in [6, 6.07) is 4.75. The Hall–Kier alpha value is -1.92. The Balaban J connectivity index is 2.19. The molecule has 1 N–H and O–H groups in total. The Bertz CT molecular complexity index is 614. The molecular formula is C12H12N2O4. The number of ether oxygens (including phenoxy) is 2. The molecular weight excluding hydrogens is 236 g/mol. The molecule has 0 spiro atoms. The summed E-state index contributed by atoms with van der Waals surface area (Å²) < 4.78 is 10.9. The highest BCUT2D eigenvalue weighted by molar-refractivity contribution is 5.87. The molecule has 2 aromatic rings. The van der Waals surface area contributed by atoms with Crippen LogP contribution in [0, 0.1) is 17.0 Å². The van der Waals surface area contributed by atoms with Gasteiger partial charge in [-0.05, 0) is 13.0 Å². The molecule has 3 rings (SSSR count). The largest absolute Gasteiger partial charge is 0.358 e. The molecule has 0 unspecified atom stereocenters. The lowest BCUT2D eigenvalue weighted by molar-refractivity contribution is -0.384. The summed E-state index contributed by atoms with van der Waals surface area (Å²) in [6.07, 6.45) is -0.430.